The summed E-state index contributed by atoms with van der Waals surface area (Å²) in [6.45, 7) is 4.24. The second kappa shape index (κ2) is 11.1. The number of aliphatic imine (C=N–C) groups is 1. The third-order valence-corrected chi connectivity index (χ3v) is 12.9. The van der Waals surface area contributed by atoms with Gasteiger partial charge in [-0.1, -0.05) is 105 Å². The second-order valence-electron chi connectivity index (χ2n) is 15.3. The van der Waals surface area contributed by atoms with Crippen molar-refractivity contribution in [3.8, 4) is 22.3 Å². The van der Waals surface area contributed by atoms with Crippen molar-refractivity contribution < 1.29 is 0 Å². The first-order valence-electron chi connectivity index (χ1n) is 18.9. The Morgan fingerprint density at radius 1 is 0.511 bits per heavy atom. The topological polar surface area (TPSA) is 18.8 Å². The molecule has 4 aromatic carbocycles. The van der Waals surface area contributed by atoms with Crippen LogP contribution in [0.3, 0.4) is 0 Å². The summed E-state index contributed by atoms with van der Waals surface area (Å²) in [5, 5.41) is 0. The minimum absolute atomic E-state index is 0.300. The Kier molecular flexibility index (Phi) is 6.66. The van der Waals surface area contributed by atoms with E-state index < -0.39 is 0 Å². The molecule has 0 atom stereocenters. The molecule has 2 saturated carbocycles. The summed E-state index contributed by atoms with van der Waals surface area (Å²) < 4.78 is 0. The molecular formula is C44H47N3. The summed E-state index contributed by atoms with van der Waals surface area (Å²) in [6.07, 6.45) is 15.9. The van der Waals surface area contributed by atoms with Crippen LogP contribution in [-0.4, -0.2) is 37.0 Å². The molecule has 10 rings (SSSR count). The van der Waals surface area contributed by atoms with Crippen LogP contribution in [-0.2, 0) is 5.41 Å². The predicted molar refractivity (Wildman–Crippen MR) is 195 cm³/mol. The molecule has 4 aliphatic carbocycles. The summed E-state index contributed by atoms with van der Waals surface area (Å²) in [6, 6.07) is 32.2. The lowest BCUT2D eigenvalue weighted by Gasteiger charge is -2.41. The Morgan fingerprint density at radius 2 is 1.09 bits per heavy atom. The van der Waals surface area contributed by atoms with Gasteiger partial charge in [0.2, 0.25) is 5.96 Å². The molecule has 3 heteroatoms. The van der Waals surface area contributed by atoms with Crippen LogP contribution in [0.4, 0.5) is 5.69 Å². The smallest absolute Gasteiger partial charge is 0.201 e. The predicted octanol–water partition coefficient (Wildman–Crippen LogP) is 10.4. The van der Waals surface area contributed by atoms with Crippen molar-refractivity contribution in [2.75, 3.05) is 31.1 Å². The van der Waals surface area contributed by atoms with Gasteiger partial charge in [-0.15, -0.1) is 0 Å². The van der Waals surface area contributed by atoms with E-state index in [9.17, 15) is 0 Å². The van der Waals surface area contributed by atoms with E-state index >= 15 is 0 Å². The summed E-state index contributed by atoms with van der Waals surface area (Å²) in [5.74, 6) is 2.55. The van der Waals surface area contributed by atoms with Crippen molar-refractivity contribution in [2.24, 2.45) is 4.99 Å². The first kappa shape index (κ1) is 28.2. The third-order valence-electron chi connectivity index (χ3n) is 12.9. The van der Waals surface area contributed by atoms with Gasteiger partial charge in [-0.3, -0.25) is 4.99 Å². The average molecular weight is 618 g/mol. The maximum absolute atomic E-state index is 5.10. The normalized spacial score (nSPS) is 21.6. The quantitative estimate of drug-likeness (QED) is 0.197. The molecule has 6 aliphatic rings. The molecule has 3 fully saturated rings. The van der Waals surface area contributed by atoms with Gasteiger partial charge in [0.15, 0.2) is 0 Å². The fourth-order valence-electron chi connectivity index (χ4n) is 10.6. The van der Waals surface area contributed by atoms with Crippen LogP contribution in [0.25, 0.3) is 22.3 Å². The SMILES string of the molecule is c1ccc2c(c1)-c1ccc(N3CCCN4CCCN=C43)cc1C21c2cc(C3CCCCC3)ccc2-c2ccc(C3CCCCC3)cc21. The molecule has 0 bridgehead atoms. The average Bonchev–Trinajstić information content (AvgIpc) is 3.61. The largest absolute Gasteiger partial charge is 0.342 e. The van der Waals surface area contributed by atoms with Crippen molar-refractivity contribution in [3.63, 3.8) is 0 Å². The highest BCUT2D eigenvalue weighted by atomic mass is 15.4. The maximum Gasteiger partial charge on any atom is 0.201 e. The molecule has 238 valence electrons. The van der Waals surface area contributed by atoms with E-state index in [2.05, 4.69) is 88.7 Å². The Hall–Kier alpha value is -3.85. The van der Waals surface area contributed by atoms with E-state index in [4.69, 9.17) is 4.99 Å². The molecule has 3 nitrogen and oxygen atoms in total. The monoisotopic (exact) mass is 617 g/mol. The van der Waals surface area contributed by atoms with E-state index in [1.165, 1.54) is 133 Å². The standard InChI is InChI=1S/C44H47N3/c1-3-11-30(12-4-1)32-17-20-36-37-21-18-33(31-13-5-2-6-14-31)28-41(37)44(40(36)27-32)39-16-8-7-15-35(39)38-22-19-34(29-42(38)44)47-26-10-25-46-24-9-23-45-43(46)47/h7-8,15-22,27-31H,1-6,9-14,23-26H2. The third kappa shape index (κ3) is 4.20. The van der Waals surface area contributed by atoms with E-state index in [1.807, 2.05) is 0 Å². The van der Waals surface area contributed by atoms with Crippen LogP contribution < -0.4 is 4.90 Å². The van der Waals surface area contributed by atoms with Crippen molar-refractivity contribution in [1.29, 1.82) is 0 Å². The molecule has 0 aromatic heterocycles. The molecule has 0 amide bonds. The van der Waals surface area contributed by atoms with Gasteiger partial charge in [-0.2, -0.15) is 0 Å². The molecule has 2 heterocycles. The van der Waals surface area contributed by atoms with Gasteiger partial charge in [-0.05, 0) is 118 Å². The Bertz CT molecular complexity index is 1820. The number of hydrogen-bond acceptors (Lipinski definition) is 3. The minimum Gasteiger partial charge on any atom is -0.342 e. The number of guanidine groups is 1. The summed E-state index contributed by atoms with van der Waals surface area (Å²) in [7, 11) is 0. The van der Waals surface area contributed by atoms with Crippen molar-refractivity contribution >= 4 is 11.6 Å². The fourth-order valence-corrected chi connectivity index (χ4v) is 10.6. The lowest BCUT2D eigenvalue weighted by molar-refractivity contribution is 0.360. The van der Waals surface area contributed by atoms with Crippen LogP contribution in [0.2, 0.25) is 0 Å². The van der Waals surface area contributed by atoms with Crippen LogP contribution in [0, 0.1) is 0 Å². The Labute approximate surface area is 280 Å². The highest BCUT2D eigenvalue weighted by Gasteiger charge is 2.52. The molecule has 4 aromatic rings. The number of fused-ring (bicyclic) bond motifs is 11. The van der Waals surface area contributed by atoms with Gasteiger partial charge in [-0.25, -0.2) is 0 Å². The van der Waals surface area contributed by atoms with Gasteiger partial charge in [0.25, 0.3) is 0 Å². The zero-order valence-corrected chi connectivity index (χ0v) is 27.8. The van der Waals surface area contributed by atoms with Crippen LogP contribution in [0.15, 0.2) is 83.9 Å². The molecule has 1 spiro atoms. The highest BCUT2D eigenvalue weighted by Crippen LogP contribution is 2.64. The number of nitrogens with zero attached hydrogens (tertiary/aromatic N) is 3. The van der Waals surface area contributed by atoms with Crippen molar-refractivity contribution in [2.45, 2.75) is 94.3 Å². The number of anilines is 1. The maximum atomic E-state index is 5.10. The first-order valence-corrected chi connectivity index (χ1v) is 18.9. The number of benzene rings is 4. The fraction of sp³-hybridized carbons (Fsp3) is 0.432. The van der Waals surface area contributed by atoms with E-state index in [-0.39, 0.29) is 5.41 Å². The highest BCUT2D eigenvalue weighted by molar-refractivity contribution is 6.00. The van der Waals surface area contributed by atoms with Crippen LogP contribution >= 0.6 is 0 Å². The molecule has 1 saturated heterocycles. The first-order chi connectivity index (χ1) is 23.3. The molecule has 47 heavy (non-hydrogen) atoms. The molecule has 0 unspecified atom stereocenters. The lowest BCUT2D eigenvalue weighted by Crippen LogP contribution is -2.52. The second-order valence-corrected chi connectivity index (χ2v) is 15.3. The lowest BCUT2D eigenvalue weighted by atomic mass is 9.69. The zero-order valence-electron chi connectivity index (χ0n) is 27.8. The van der Waals surface area contributed by atoms with Crippen molar-refractivity contribution in [3.05, 3.63) is 112 Å². The summed E-state index contributed by atoms with van der Waals surface area (Å²) in [4.78, 5) is 10.2. The number of hydrogen-bond donors (Lipinski definition) is 0. The zero-order chi connectivity index (χ0) is 31.0. The van der Waals surface area contributed by atoms with Gasteiger partial charge in [0, 0.05) is 31.9 Å². The van der Waals surface area contributed by atoms with E-state index in [0.29, 0.717) is 11.8 Å². The molecule has 2 aliphatic heterocycles. The Morgan fingerprint density at radius 3 is 1.77 bits per heavy atom. The van der Waals surface area contributed by atoms with E-state index in [0.717, 1.165) is 26.2 Å². The Balaban J connectivity index is 1.22. The number of rotatable bonds is 3. The molecular weight excluding hydrogens is 571 g/mol. The molecule has 0 N–H and O–H groups in total. The van der Waals surface area contributed by atoms with Gasteiger partial charge in [0.1, 0.15) is 0 Å². The summed E-state index contributed by atoms with van der Waals surface area (Å²) in [5.41, 5.74) is 15.9. The van der Waals surface area contributed by atoms with E-state index in [1.54, 1.807) is 11.1 Å². The van der Waals surface area contributed by atoms with Gasteiger partial charge < -0.3 is 9.80 Å². The van der Waals surface area contributed by atoms with Gasteiger partial charge in [0.05, 0.1) is 5.41 Å². The van der Waals surface area contributed by atoms with Crippen LogP contribution in [0.1, 0.15) is 122 Å². The molecule has 0 radical (unpaired) electrons. The summed E-state index contributed by atoms with van der Waals surface area (Å²) >= 11 is 0. The van der Waals surface area contributed by atoms with Crippen molar-refractivity contribution in [1.82, 2.24) is 4.90 Å². The minimum atomic E-state index is -0.300. The van der Waals surface area contributed by atoms with Crippen LogP contribution in [0.5, 0.6) is 0 Å². The van der Waals surface area contributed by atoms with Gasteiger partial charge >= 0.3 is 0 Å².